The maximum atomic E-state index is 13.7. The van der Waals surface area contributed by atoms with Crippen molar-refractivity contribution in [2.75, 3.05) is 13.1 Å². The summed E-state index contributed by atoms with van der Waals surface area (Å²) in [5.41, 5.74) is 8.34. The summed E-state index contributed by atoms with van der Waals surface area (Å²) in [5.74, 6) is 1.02. The first-order valence-electron chi connectivity index (χ1n) is 20.7. The number of benzene rings is 5. The molecular formula is C50H46N6O4. The number of likely N-dealkylation sites (tertiary alicyclic amines) is 2. The van der Waals surface area contributed by atoms with Crippen LogP contribution in [0.25, 0.3) is 33.6 Å². The monoisotopic (exact) mass is 794 g/mol. The summed E-state index contributed by atoms with van der Waals surface area (Å²) in [6, 6.07) is 45.2. The molecule has 2 atom stereocenters. The lowest BCUT2D eigenvalue weighted by Crippen LogP contribution is -2.32. The third kappa shape index (κ3) is 8.40. The van der Waals surface area contributed by atoms with Gasteiger partial charge in [0.15, 0.2) is 5.69 Å². The number of nitrogens with zero attached hydrogens (tertiary/aromatic N) is 4. The van der Waals surface area contributed by atoms with E-state index in [2.05, 4.69) is 34.2 Å². The molecule has 10 nitrogen and oxygen atoms in total. The first-order valence-corrected chi connectivity index (χ1v) is 20.7. The van der Waals surface area contributed by atoms with E-state index in [1.165, 1.54) is 0 Å². The fourth-order valence-corrected chi connectivity index (χ4v) is 8.46. The second kappa shape index (κ2) is 17.4. The average Bonchev–Trinajstić information content (AvgIpc) is 4.14. The van der Waals surface area contributed by atoms with E-state index >= 15 is 0 Å². The van der Waals surface area contributed by atoms with E-state index in [1.807, 2.05) is 131 Å². The topological polar surface area (TPSA) is 124 Å². The molecule has 2 aromatic heterocycles. The van der Waals surface area contributed by atoms with E-state index in [1.54, 1.807) is 0 Å². The third-order valence-corrected chi connectivity index (χ3v) is 11.6. The van der Waals surface area contributed by atoms with Gasteiger partial charge in [0.05, 0.1) is 42.5 Å². The number of esters is 1. The smallest absolute Gasteiger partial charge is 0.359 e. The van der Waals surface area contributed by atoms with Crippen LogP contribution in [0, 0.1) is 0 Å². The second-order valence-corrected chi connectivity index (χ2v) is 15.6. The van der Waals surface area contributed by atoms with E-state index in [-0.39, 0.29) is 36.2 Å². The molecule has 2 N–H and O–H groups in total. The van der Waals surface area contributed by atoms with Crippen molar-refractivity contribution in [3.8, 4) is 33.6 Å². The van der Waals surface area contributed by atoms with Crippen LogP contribution in [0.5, 0.6) is 0 Å². The molecule has 7 aromatic rings. The number of hydrogen-bond donors (Lipinski definition) is 2. The number of aromatic amines is 2. The van der Waals surface area contributed by atoms with Gasteiger partial charge in [-0.1, -0.05) is 140 Å². The molecule has 0 saturated carbocycles. The second-order valence-electron chi connectivity index (χ2n) is 15.6. The molecule has 2 fully saturated rings. The summed E-state index contributed by atoms with van der Waals surface area (Å²) in [6.07, 6.45) is 5.96. The quantitative estimate of drug-likeness (QED) is 0.119. The number of amides is 2. The molecule has 2 amide bonds. The van der Waals surface area contributed by atoms with Crippen LogP contribution in [0.1, 0.15) is 76.6 Å². The number of imidazole rings is 2. The number of rotatable bonds is 12. The largest absolute Gasteiger partial charge is 0.456 e. The van der Waals surface area contributed by atoms with Crippen LogP contribution in [0.15, 0.2) is 146 Å². The number of nitrogens with one attached hydrogen (secondary N) is 2. The van der Waals surface area contributed by atoms with Crippen LogP contribution < -0.4 is 0 Å². The van der Waals surface area contributed by atoms with Gasteiger partial charge in [-0.05, 0) is 59.1 Å². The summed E-state index contributed by atoms with van der Waals surface area (Å²) >= 11 is 0. The van der Waals surface area contributed by atoms with Gasteiger partial charge in [-0.15, -0.1) is 0 Å². The number of aromatic nitrogens is 4. The molecule has 9 rings (SSSR count). The molecule has 2 aliphatic heterocycles. The Morgan fingerprint density at radius 2 is 1.05 bits per heavy atom. The maximum absolute atomic E-state index is 13.7. The standard InChI is InChI=1S/C50H46N6O4/c57-44(30-34-12-4-1-5-13-34)55-28-10-18-42(55)48-51-32-41(52-48)39-24-20-37(21-25-39)38-22-26-40(27-23-38)46-47(50(59)60-33-36-16-8-3-9-17-36)54-49(53-46)43-19-11-29-56(43)45(58)31-35-14-6-2-7-15-35/h1-9,12-17,20-27,32,42-43H,10-11,18-19,28-31,33H2,(H,51,52)(H,53,54)/t42-,43-/m0/s1. The number of carbonyl (C=O) groups is 3. The minimum absolute atomic E-state index is 0.0321. The molecule has 0 spiro atoms. The molecule has 0 unspecified atom stereocenters. The van der Waals surface area contributed by atoms with Gasteiger partial charge in [0.1, 0.15) is 18.3 Å². The highest BCUT2D eigenvalue weighted by Gasteiger charge is 2.35. The normalized spacial score (nSPS) is 16.3. The lowest BCUT2D eigenvalue weighted by atomic mass is 10.0. The van der Waals surface area contributed by atoms with E-state index in [0.29, 0.717) is 30.9 Å². The van der Waals surface area contributed by atoms with Gasteiger partial charge in [0, 0.05) is 18.7 Å². The Labute approximate surface area is 349 Å². The van der Waals surface area contributed by atoms with E-state index < -0.39 is 5.97 Å². The van der Waals surface area contributed by atoms with Gasteiger partial charge in [-0.3, -0.25) is 9.59 Å². The zero-order valence-corrected chi connectivity index (χ0v) is 33.3. The molecule has 2 saturated heterocycles. The number of ether oxygens (including phenoxy) is 1. The van der Waals surface area contributed by atoms with Gasteiger partial charge in [-0.2, -0.15) is 0 Å². The van der Waals surface area contributed by atoms with Gasteiger partial charge >= 0.3 is 5.97 Å². The Bertz CT molecular complexity index is 2570. The lowest BCUT2D eigenvalue weighted by Gasteiger charge is -2.23. The van der Waals surface area contributed by atoms with Crippen molar-refractivity contribution in [2.24, 2.45) is 0 Å². The highest BCUT2D eigenvalue weighted by atomic mass is 16.5. The fourth-order valence-electron chi connectivity index (χ4n) is 8.46. The molecule has 0 bridgehead atoms. The zero-order valence-electron chi connectivity index (χ0n) is 33.3. The summed E-state index contributed by atoms with van der Waals surface area (Å²) in [7, 11) is 0. The van der Waals surface area contributed by atoms with Crippen LogP contribution in [-0.4, -0.2) is 60.6 Å². The molecule has 10 heteroatoms. The Kier molecular flexibility index (Phi) is 11.2. The van der Waals surface area contributed by atoms with Crippen LogP contribution in [0.3, 0.4) is 0 Å². The maximum Gasteiger partial charge on any atom is 0.359 e. The predicted octanol–water partition coefficient (Wildman–Crippen LogP) is 9.30. The molecule has 300 valence electrons. The van der Waals surface area contributed by atoms with Crippen LogP contribution >= 0.6 is 0 Å². The molecule has 4 heterocycles. The van der Waals surface area contributed by atoms with Gasteiger partial charge in [0.25, 0.3) is 0 Å². The van der Waals surface area contributed by atoms with E-state index in [0.717, 1.165) is 82.7 Å². The van der Waals surface area contributed by atoms with Gasteiger partial charge < -0.3 is 24.5 Å². The Morgan fingerprint density at radius 3 is 1.60 bits per heavy atom. The molecule has 2 aliphatic rings. The Hall–Kier alpha value is -7.07. The minimum Gasteiger partial charge on any atom is -0.456 e. The van der Waals surface area contributed by atoms with Crippen molar-refractivity contribution in [1.82, 2.24) is 29.7 Å². The van der Waals surface area contributed by atoms with Crippen LogP contribution in [0.2, 0.25) is 0 Å². The van der Waals surface area contributed by atoms with Crippen LogP contribution in [-0.2, 0) is 33.8 Å². The highest BCUT2D eigenvalue weighted by molar-refractivity contribution is 5.94. The molecule has 0 radical (unpaired) electrons. The summed E-state index contributed by atoms with van der Waals surface area (Å²) < 4.78 is 5.79. The van der Waals surface area contributed by atoms with Crippen molar-refractivity contribution >= 4 is 17.8 Å². The summed E-state index contributed by atoms with van der Waals surface area (Å²) in [5, 5.41) is 0. The minimum atomic E-state index is -0.530. The first-order chi connectivity index (χ1) is 29.5. The first kappa shape index (κ1) is 38.4. The predicted molar refractivity (Wildman–Crippen MR) is 230 cm³/mol. The SMILES string of the molecule is O=C(OCc1ccccc1)c1nc([C@@H]2CCCN2C(=O)Cc2ccccc2)[nH]c1-c1ccc(-c2ccc(-c3cnc([C@@H]4CCCN4C(=O)Cc4ccccc4)[nH]3)cc2)cc1. The molecular weight excluding hydrogens is 749 g/mol. The summed E-state index contributed by atoms with van der Waals surface area (Å²) in [6.45, 7) is 1.48. The molecule has 60 heavy (non-hydrogen) atoms. The Balaban J connectivity index is 0.921. The number of carbonyl (C=O) groups excluding carboxylic acids is 3. The number of hydrogen-bond acceptors (Lipinski definition) is 6. The molecule has 0 aliphatic carbocycles. The molecule has 5 aromatic carbocycles. The van der Waals surface area contributed by atoms with Crippen molar-refractivity contribution in [2.45, 2.75) is 57.2 Å². The van der Waals surface area contributed by atoms with Gasteiger partial charge in [-0.25, -0.2) is 14.8 Å². The van der Waals surface area contributed by atoms with Crippen molar-refractivity contribution < 1.29 is 19.1 Å². The lowest BCUT2D eigenvalue weighted by molar-refractivity contribution is -0.132. The zero-order chi connectivity index (χ0) is 40.8. The Morgan fingerprint density at radius 1 is 0.567 bits per heavy atom. The average molecular weight is 795 g/mol. The van der Waals surface area contributed by atoms with E-state index in [4.69, 9.17) is 14.7 Å². The van der Waals surface area contributed by atoms with Gasteiger partial charge in [0.2, 0.25) is 11.8 Å². The van der Waals surface area contributed by atoms with E-state index in [9.17, 15) is 14.4 Å². The van der Waals surface area contributed by atoms with Crippen molar-refractivity contribution in [1.29, 1.82) is 0 Å². The highest BCUT2D eigenvalue weighted by Crippen LogP contribution is 2.36. The number of H-pyrrole nitrogens is 2. The summed E-state index contributed by atoms with van der Waals surface area (Å²) in [4.78, 5) is 60.9. The van der Waals surface area contributed by atoms with Crippen molar-refractivity contribution in [3.63, 3.8) is 0 Å². The van der Waals surface area contributed by atoms with Crippen LogP contribution in [0.4, 0.5) is 0 Å². The third-order valence-electron chi connectivity index (χ3n) is 11.6. The fraction of sp³-hybridized carbons (Fsp3) is 0.220. The van der Waals surface area contributed by atoms with Crippen molar-refractivity contribution in [3.05, 3.63) is 180 Å².